The predicted octanol–water partition coefficient (Wildman–Crippen LogP) is 2.28. The van der Waals surface area contributed by atoms with E-state index >= 15 is 0 Å². The van der Waals surface area contributed by atoms with E-state index in [2.05, 4.69) is 10.3 Å². The number of benzene rings is 1. The average molecular weight is 289 g/mol. The number of thiazole rings is 1. The van der Waals surface area contributed by atoms with Crippen molar-refractivity contribution in [1.29, 1.82) is 5.26 Å². The molecule has 1 N–H and O–H groups in total. The molecule has 7 heteroatoms. The number of hydrogen-bond acceptors (Lipinski definition) is 6. The highest BCUT2D eigenvalue weighted by molar-refractivity contribution is 7.16. The van der Waals surface area contributed by atoms with Gasteiger partial charge in [-0.1, -0.05) is 11.3 Å². The number of anilines is 1. The van der Waals surface area contributed by atoms with E-state index in [0.717, 1.165) is 11.3 Å². The highest BCUT2D eigenvalue weighted by Crippen LogP contribution is 2.26. The van der Waals surface area contributed by atoms with Crippen LogP contribution in [0.3, 0.4) is 0 Å². The van der Waals surface area contributed by atoms with Crippen LogP contribution in [0, 0.1) is 11.3 Å². The molecular formula is C13H11N3O3S. The summed E-state index contributed by atoms with van der Waals surface area (Å²) < 4.78 is 10.2. The van der Waals surface area contributed by atoms with Crippen molar-refractivity contribution in [3.63, 3.8) is 0 Å². The van der Waals surface area contributed by atoms with Crippen LogP contribution in [0.2, 0.25) is 0 Å². The molecule has 1 aromatic heterocycles. The summed E-state index contributed by atoms with van der Waals surface area (Å²) in [5.74, 6) is 0.640. The largest absolute Gasteiger partial charge is 0.497 e. The number of nitriles is 1. The van der Waals surface area contributed by atoms with Crippen molar-refractivity contribution in [2.75, 3.05) is 19.5 Å². The summed E-state index contributed by atoms with van der Waals surface area (Å²) >= 11 is 1.11. The molecule has 0 aliphatic carbocycles. The molecule has 6 nitrogen and oxygen atoms in total. The molecule has 0 spiro atoms. The summed E-state index contributed by atoms with van der Waals surface area (Å²) in [6.07, 6.45) is 1.41. The summed E-state index contributed by atoms with van der Waals surface area (Å²) in [4.78, 5) is 16.5. The molecule has 0 bridgehead atoms. The van der Waals surface area contributed by atoms with Crippen LogP contribution < -0.4 is 14.8 Å². The van der Waals surface area contributed by atoms with Gasteiger partial charge in [0.1, 0.15) is 22.4 Å². The van der Waals surface area contributed by atoms with Gasteiger partial charge in [0.2, 0.25) is 0 Å². The number of carbonyl (C=O) groups excluding carboxylic acids is 1. The SMILES string of the molecule is COc1ccc(C(=O)Nc2ncc(C#N)s2)c(OC)c1. The number of nitrogens with one attached hydrogen (secondary N) is 1. The van der Waals surface area contributed by atoms with Gasteiger partial charge in [0.25, 0.3) is 5.91 Å². The van der Waals surface area contributed by atoms with Crippen molar-refractivity contribution >= 4 is 22.4 Å². The van der Waals surface area contributed by atoms with Crippen LogP contribution in [0.1, 0.15) is 15.2 Å². The molecule has 0 unspecified atom stereocenters. The van der Waals surface area contributed by atoms with E-state index in [9.17, 15) is 4.79 Å². The van der Waals surface area contributed by atoms with Gasteiger partial charge in [0, 0.05) is 6.07 Å². The Morgan fingerprint density at radius 3 is 2.80 bits per heavy atom. The lowest BCUT2D eigenvalue weighted by molar-refractivity contribution is 0.102. The van der Waals surface area contributed by atoms with E-state index in [1.54, 1.807) is 18.2 Å². The monoisotopic (exact) mass is 289 g/mol. The van der Waals surface area contributed by atoms with Crippen molar-refractivity contribution in [3.8, 4) is 17.6 Å². The Morgan fingerprint density at radius 1 is 1.40 bits per heavy atom. The number of methoxy groups -OCH3 is 2. The predicted molar refractivity (Wildman–Crippen MR) is 74.3 cm³/mol. The summed E-state index contributed by atoms with van der Waals surface area (Å²) in [5, 5.41) is 11.7. The maximum atomic E-state index is 12.1. The first kappa shape index (κ1) is 13.8. The Balaban J connectivity index is 2.22. The minimum Gasteiger partial charge on any atom is -0.497 e. The van der Waals surface area contributed by atoms with Gasteiger partial charge in [-0.15, -0.1) is 0 Å². The molecule has 0 aliphatic heterocycles. The van der Waals surface area contributed by atoms with Gasteiger partial charge in [-0.3, -0.25) is 10.1 Å². The molecule has 2 rings (SSSR count). The molecular weight excluding hydrogens is 278 g/mol. The van der Waals surface area contributed by atoms with Crippen LogP contribution in [0.4, 0.5) is 5.13 Å². The highest BCUT2D eigenvalue weighted by atomic mass is 32.1. The fourth-order valence-corrected chi connectivity index (χ4v) is 2.14. The first-order chi connectivity index (χ1) is 9.67. The minimum absolute atomic E-state index is 0.358. The minimum atomic E-state index is -0.358. The number of carbonyl (C=O) groups is 1. The molecule has 2 aromatic rings. The van der Waals surface area contributed by atoms with Gasteiger partial charge in [-0.2, -0.15) is 5.26 Å². The Kier molecular flexibility index (Phi) is 4.17. The third kappa shape index (κ3) is 2.87. The van der Waals surface area contributed by atoms with Gasteiger partial charge in [-0.25, -0.2) is 4.98 Å². The van der Waals surface area contributed by atoms with E-state index < -0.39 is 0 Å². The van der Waals surface area contributed by atoms with Crippen molar-refractivity contribution in [2.24, 2.45) is 0 Å². The van der Waals surface area contributed by atoms with Gasteiger partial charge in [0.15, 0.2) is 5.13 Å². The normalized spacial score (nSPS) is 9.65. The second-order valence-electron chi connectivity index (χ2n) is 3.66. The Labute approximate surface area is 119 Å². The van der Waals surface area contributed by atoms with Crippen LogP contribution in [-0.4, -0.2) is 25.1 Å². The fraction of sp³-hybridized carbons (Fsp3) is 0.154. The summed E-state index contributed by atoms with van der Waals surface area (Å²) in [6, 6.07) is 6.85. The second-order valence-corrected chi connectivity index (χ2v) is 4.69. The molecule has 0 atom stereocenters. The molecule has 1 heterocycles. The Morgan fingerprint density at radius 2 is 2.20 bits per heavy atom. The molecule has 1 amide bonds. The van der Waals surface area contributed by atoms with Crippen LogP contribution >= 0.6 is 11.3 Å². The van der Waals surface area contributed by atoms with Crippen LogP contribution in [0.25, 0.3) is 0 Å². The smallest absolute Gasteiger partial charge is 0.261 e. The first-order valence-electron chi connectivity index (χ1n) is 5.57. The van der Waals surface area contributed by atoms with E-state index in [-0.39, 0.29) is 5.91 Å². The maximum Gasteiger partial charge on any atom is 0.261 e. The molecule has 0 aliphatic rings. The van der Waals surface area contributed by atoms with Crippen LogP contribution in [0.5, 0.6) is 11.5 Å². The molecule has 102 valence electrons. The number of rotatable bonds is 4. The van der Waals surface area contributed by atoms with Crippen LogP contribution in [0.15, 0.2) is 24.4 Å². The summed E-state index contributed by atoms with van der Waals surface area (Å²) in [5.41, 5.74) is 0.363. The number of amides is 1. The molecule has 0 saturated carbocycles. The van der Waals surface area contributed by atoms with Crippen molar-refractivity contribution in [2.45, 2.75) is 0 Å². The quantitative estimate of drug-likeness (QED) is 0.933. The number of nitrogens with zero attached hydrogens (tertiary/aromatic N) is 2. The zero-order valence-electron chi connectivity index (χ0n) is 10.8. The van der Waals surface area contributed by atoms with E-state index in [1.807, 2.05) is 6.07 Å². The Hall–Kier alpha value is -2.59. The van der Waals surface area contributed by atoms with Gasteiger partial charge in [0.05, 0.1) is 26.0 Å². The number of aromatic nitrogens is 1. The number of hydrogen-bond donors (Lipinski definition) is 1. The molecule has 20 heavy (non-hydrogen) atoms. The van der Waals surface area contributed by atoms with E-state index in [1.165, 1.54) is 20.4 Å². The van der Waals surface area contributed by atoms with Crippen LogP contribution in [-0.2, 0) is 0 Å². The summed E-state index contributed by atoms with van der Waals surface area (Å²) in [7, 11) is 3.01. The third-order valence-electron chi connectivity index (χ3n) is 2.49. The Bertz CT molecular complexity index is 676. The average Bonchev–Trinajstić information content (AvgIpc) is 2.94. The molecule has 0 fully saturated rings. The molecule has 0 radical (unpaired) electrons. The standard InChI is InChI=1S/C13H11N3O3S/c1-18-8-3-4-10(11(5-8)19-2)12(17)16-13-15-7-9(6-14)20-13/h3-5,7H,1-2H3,(H,15,16,17). The van der Waals surface area contributed by atoms with Crippen molar-refractivity contribution < 1.29 is 14.3 Å². The summed E-state index contributed by atoms with van der Waals surface area (Å²) in [6.45, 7) is 0. The number of ether oxygens (including phenoxy) is 2. The van der Waals surface area contributed by atoms with Gasteiger partial charge >= 0.3 is 0 Å². The molecule has 0 saturated heterocycles. The van der Waals surface area contributed by atoms with E-state index in [0.29, 0.717) is 27.1 Å². The van der Waals surface area contributed by atoms with Crippen molar-refractivity contribution in [3.05, 3.63) is 34.8 Å². The topological polar surface area (TPSA) is 84.2 Å². The second kappa shape index (κ2) is 6.04. The first-order valence-corrected chi connectivity index (χ1v) is 6.39. The lowest BCUT2D eigenvalue weighted by atomic mass is 10.2. The highest BCUT2D eigenvalue weighted by Gasteiger charge is 2.15. The zero-order valence-corrected chi connectivity index (χ0v) is 11.7. The lowest BCUT2D eigenvalue weighted by Gasteiger charge is -2.09. The lowest BCUT2D eigenvalue weighted by Crippen LogP contribution is -2.13. The van der Waals surface area contributed by atoms with Gasteiger partial charge < -0.3 is 9.47 Å². The molecule has 1 aromatic carbocycles. The zero-order chi connectivity index (χ0) is 14.5. The van der Waals surface area contributed by atoms with Crippen molar-refractivity contribution in [1.82, 2.24) is 4.98 Å². The third-order valence-corrected chi connectivity index (χ3v) is 3.31. The maximum absolute atomic E-state index is 12.1. The van der Waals surface area contributed by atoms with Gasteiger partial charge in [-0.05, 0) is 12.1 Å². The van der Waals surface area contributed by atoms with E-state index in [4.69, 9.17) is 14.7 Å². The fourth-order valence-electron chi connectivity index (χ4n) is 1.53.